The lowest BCUT2D eigenvalue weighted by atomic mass is 9.62. The summed E-state index contributed by atoms with van der Waals surface area (Å²) in [5, 5.41) is 0. The maximum Gasteiger partial charge on any atom is 0.0714 e. The van der Waals surface area contributed by atoms with Crippen molar-refractivity contribution in [2.45, 2.75) is 76.5 Å². The van der Waals surface area contributed by atoms with Gasteiger partial charge < -0.3 is 4.90 Å². The highest BCUT2D eigenvalue weighted by Crippen LogP contribution is 2.60. The van der Waals surface area contributed by atoms with Crippen LogP contribution in [0.25, 0.3) is 44.5 Å². The summed E-state index contributed by atoms with van der Waals surface area (Å²) >= 11 is 0. The molecule has 0 atom stereocenters. The van der Waals surface area contributed by atoms with Crippen molar-refractivity contribution in [3.8, 4) is 44.5 Å². The Labute approximate surface area is 398 Å². The van der Waals surface area contributed by atoms with Gasteiger partial charge in [-0.25, -0.2) is 0 Å². The molecule has 0 saturated carbocycles. The van der Waals surface area contributed by atoms with E-state index in [1.807, 2.05) is 0 Å². The fourth-order valence-electron chi connectivity index (χ4n) is 11.6. The van der Waals surface area contributed by atoms with Crippen molar-refractivity contribution in [2.75, 3.05) is 4.90 Å². The first-order valence-corrected chi connectivity index (χ1v) is 24.2. The SMILES string of the molecule is CC(C)c1cc2c(cc1-c1cc3c(cc1N(c1ccc(-c4ccccc4)cc1)c1ccccc1-c1ccccc1)C(c1ccccc1)(c1ccccc1)c1ccccc1-3)C(C)(C)CCC2(C)C. The number of hydrogen-bond donors (Lipinski definition) is 0. The Hall–Kier alpha value is -7.22. The zero-order chi connectivity index (χ0) is 45.9. The van der Waals surface area contributed by atoms with Crippen LogP contribution in [0.5, 0.6) is 0 Å². The van der Waals surface area contributed by atoms with Gasteiger partial charge in [-0.15, -0.1) is 0 Å². The van der Waals surface area contributed by atoms with Crippen LogP contribution in [0.2, 0.25) is 0 Å². The van der Waals surface area contributed by atoms with Crippen LogP contribution >= 0.6 is 0 Å². The fraction of sp³-hybridized carbons (Fsp3) is 0.182. The first kappa shape index (κ1) is 42.4. The van der Waals surface area contributed by atoms with Crippen LogP contribution in [0.15, 0.2) is 218 Å². The summed E-state index contributed by atoms with van der Waals surface area (Å²) in [6, 6.07) is 82.0. The number of para-hydroxylation sites is 1. The predicted molar refractivity (Wildman–Crippen MR) is 284 cm³/mol. The lowest BCUT2D eigenvalue weighted by molar-refractivity contribution is 0.331. The first-order chi connectivity index (χ1) is 32.6. The molecule has 0 aromatic heterocycles. The Bertz CT molecular complexity index is 3190. The normalized spacial score (nSPS) is 15.1. The van der Waals surface area contributed by atoms with Crippen LogP contribution < -0.4 is 4.90 Å². The summed E-state index contributed by atoms with van der Waals surface area (Å²) in [5.41, 5.74) is 22.3. The van der Waals surface area contributed by atoms with Gasteiger partial charge in [0.05, 0.1) is 16.8 Å². The van der Waals surface area contributed by atoms with Crippen LogP contribution in [-0.4, -0.2) is 0 Å². The van der Waals surface area contributed by atoms with E-state index in [4.69, 9.17) is 0 Å². The maximum atomic E-state index is 2.62. The van der Waals surface area contributed by atoms with Gasteiger partial charge in [0.2, 0.25) is 0 Å². The van der Waals surface area contributed by atoms with Gasteiger partial charge in [0, 0.05) is 16.8 Å². The molecule has 0 fully saturated rings. The minimum absolute atomic E-state index is 0.0290. The summed E-state index contributed by atoms with van der Waals surface area (Å²) in [7, 11) is 0. The van der Waals surface area contributed by atoms with Crippen molar-refractivity contribution in [3.05, 3.63) is 257 Å². The molecule has 67 heavy (non-hydrogen) atoms. The van der Waals surface area contributed by atoms with Crippen LogP contribution in [-0.2, 0) is 16.2 Å². The lowest BCUT2D eigenvalue weighted by Crippen LogP contribution is -2.34. The zero-order valence-electron chi connectivity index (χ0n) is 39.7. The molecule has 0 aliphatic heterocycles. The average Bonchev–Trinajstić information content (AvgIpc) is 3.66. The van der Waals surface area contributed by atoms with Crippen molar-refractivity contribution in [3.63, 3.8) is 0 Å². The Morgan fingerprint density at radius 2 is 0.851 bits per heavy atom. The monoisotopic (exact) mass is 865 g/mol. The molecule has 0 N–H and O–H groups in total. The Balaban J connectivity index is 1.30. The fourth-order valence-corrected chi connectivity index (χ4v) is 11.6. The van der Waals surface area contributed by atoms with Crippen LogP contribution in [0, 0.1) is 0 Å². The number of nitrogens with zero attached hydrogens (tertiary/aromatic N) is 1. The average molecular weight is 866 g/mol. The molecule has 9 aromatic carbocycles. The van der Waals surface area contributed by atoms with Crippen molar-refractivity contribution >= 4 is 17.1 Å². The summed E-state index contributed by atoms with van der Waals surface area (Å²) in [6.45, 7) is 14.6. The largest absolute Gasteiger partial charge is 0.309 e. The van der Waals surface area contributed by atoms with Gasteiger partial charge in [0.1, 0.15) is 0 Å². The molecule has 0 spiro atoms. The molecule has 0 amide bonds. The van der Waals surface area contributed by atoms with E-state index in [0.29, 0.717) is 0 Å². The van der Waals surface area contributed by atoms with Crippen LogP contribution in [0.4, 0.5) is 17.1 Å². The summed E-state index contributed by atoms with van der Waals surface area (Å²) in [5.74, 6) is 0.289. The van der Waals surface area contributed by atoms with E-state index < -0.39 is 5.41 Å². The van der Waals surface area contributed by atoms with Gasteiger partial charge in [0.25, 0.3) is 0 Å². The van der Waals surface area contributed by atoms with Crippen LogP contribution in [0.1, 0.15) is 99.2 Å². The highest BCUT2D eigenvalue weighted by molar-refractivity contribution is 5.99. The number of rotatable bonds is 9. The second-order valence-electron chi connectivity index (χ2n) is 20.5. The minimum atomic E-state index is -0.577. The summed E-state index contributed by atoms with van der Waals surface area (Å²) < 4.78 is 0. The molecule has 328 valence electrons. The third-order valence-electron chi connectivity index (χ3n) is 15.2. The van der Waals surface area contributed by atoms with Crippen molar-refractivity contribution in [1.29, 1.82) is 0 Å². The Morgan fingerprint density at radius 3 is 1.45 bits per heavy atom. The second kappa shape index (κ2) is 16.6. The maximum absolute atomic E-state index is 2.62. The summed E-state index contributed by atoms with van der Waals surface area (Å²) in [6.07, 6.45) is 2.33. The Morgan fingerprint density at radius 1 is 0.358 bits per heavy atom. The van der Waals surface area contributed by atoms with Gasteiger partial charge in [-0.1, -0.05) is 224 Å². The first-order valence-electron chi connectivity index (χ1n) is 24.2. The molecule has 9 aromatic rings. The smallest absolute Gasteiger partial charge is 0.0714 e. The molecule has 0 heterocycles. The number of fused-ring (bicyclic) bond motifs is 4. The molecule has 1 nitrogen and oxygen atoms in total. The van der Waals surface area contributed by atoms with Crippen molar-refractivity contribution in [1.82, 2.24) is 0 Å². The predicted octanol–water partition coefficient (Wildman–Crippen LogP) is 18.0. The van der Waals surface area contributed by atoms with Crippen molar-refractivity contribution in [2.24, 2.45) is 0 Å². The third-order valence-corrected chi connectivity index (χ3v) is 15.2. The van der Waals surface area contributed by atoms with E-state index in [0.717, 1.165) is 23.5 Å². The van der Waals surface area contributed by atoms with Crippen LogP contribution in [0.3, 0.4) is 0 Å². The van der Waals surface area contributed by atoms with E-state index in [1.54, 1.807) is 0 Å². The topological polar surface area (TPSA) is 3.24 Å². The molecular weight excluding hydrogens is 807 g/mol. The number of benzene rings is 9. The van der Waals surface area contributed by atoms with Gasteiger partial charge in [-0.3, -0.25) is 0 Å². The van der Waals surface area contributed by atoms with E-state index in [9.17, 15) is 0 Å². The molecular formula is C66H59N. The van der Waals surface area contributed by atoms with Crippen molar-refractivity contribution < 1.29 is 0 Å². The second-order valence-corrected chi connectivity index (χ2v) is 20.5. The van der Waals surface area contributed by atoms with E-state index >= 15 is 0 Å². The van der Waals surface area contributed by atoms with E-state index in [2.05, 4.69) is 265 Å². The molecule has 0 unspecified atom stereocenters. The lowest BCUT2D eigenvalue weighted by Gasteiger charge is -2.43. The molecule has 0 radical (unpaired) electrons. The van der Waals surface area contributed by atoms with E-state index in [1.165, 1.54) is 89.9 Å². The minimum Gasteiger partial charge on any atom is -0.309 e. The highest BCUT2D eigenvalue weighted by atomic mass is 15.1. The zero-order valence-corrected chi connectivity index (χ0v) is 39.7. The molecule has 2 aliphatic carbocycles. The van der Waals surface area contributed by atoms with E-state index in [-0.39, 0.29) is 16.7 Å². The summed E-state index contributed by atoms with van der Waals surface area (Å²) in [4.78, 5) is 2.58. The molecule has 11 rings (SSSR count). The molecule has 2 aliphatic rings. The standard InChI is InChI=1S/C66H59N/c1-45(2)54-42-60-61(65(5,6)40-39-64(60,3)4)43-55(54)57-41-56-53-32-19-21-33-58(53)66(49-27-15-9-16-28-49,50-29-17-10-18-30-50)59(56)44-63(57)67(51-37-35-47(36-38-51)46-23-11-7-12-24-46)62-34-22-20-31-52(62)48-25-13-8-14-26-48/h7-38,41-45H,39-40H2,1-6H3. The number of anilines is 3. The quantitative estimate of drug-likeness (QED) is 0.140. The third kappa shape index (κ3) is 7.06. The highest BCUT2D eigenvalue weighted by Gasteiger charge is 2.47. The molecule has 1 heteroatoms. The van der Waals surface area contributed by atoms with Gasteiger partial charge in [0.15, 0.2) is 0 Å². The van der Waals surface area contributed by atoms with Gasteiger partial charge in [-0.2, -0.15) is 0 Å². The number of hydrogen-bond acceptors (Lipinski definition) is 1. The molecule has 0 saturated heterocycles. The van der Waals surface area contributed by atoms with Gasteiger partial charge >= 0.3 is 0 Å². The van der Waals surface area contributed by atoms with Gasteiger partial charge in [-0.05, 0) is 138 Å². The Kier molecular flexibility index (Phi) is 10.5. The molecule has 0 bridgehead atoms.